The predicted molar refractivity (Wildman–Crippen MR) is 299 cm³/mol. The Bertz CT molecular complexity index is 3950. The smallest absolute Gasteiger partial charge is 0.261 e. The van der Waals surface area contributed by atoms with Crippen molar-refractivity contribution in [3.8, 4) is 23.0 Å². The highest BCUT2D eigenvalue weighted by Gasteiger charge is 2.53. The highest BCUT2D eigenvalue weighted by Crippen LogP contribution is 2.55. The van der Waals surface area contributed by atoms with Gasteiger partial charge >= 0.3 is 0 Å². The van der Waals surface area contributed by atoms with Crippen LogP contribution in [0, 0.1) is 0 Å². The van der Waals surface area contributed by atoms with Crippen molar-refractivity contribution in [1.82, 2.24) is 8.80 Å². The topological polar surface area (TPSA) is 27.3 Å². The third-order valence-electron chi connectivity index (χ3n) is 17.3. The first-order chi connectivity index (χ1) is 32.6. The van der Waals surface area contributed by atoms with Gasteiger partial charge < -0.3 is 18.3 Å². The van der Waals surface area contributed by atoms with Gasteiger partial charge in [-0.15, -0.1) is 0 Å². The van der Waals surface area contributed by atoms with Gasteiger partial charge in [0.25, 0.3) is 6.71 Å². The van der Waals surface area contributed by atoms with Crippen molar-refractivity contribution in [3.63, 3.8) is 0 Å². The van der Waals surface area contributed by atoms with Crippen LogP contribution in [0.5, 0.6) is 23.0 Å². The maximum atomic E-state index is 7.44. The minimum absolute atomic E-state index is 0.00982. The van der Waals surface area contributed by atoms with E-state index < -0.39 is 5.41 Å². The van der Waals surface area contributed by atoms with Crippen molar-refractivity contribution in [2.45, 2.75) is 150 Å². The van der Waals surface area contributed by atoms with Gasteiger partial charge in [-0.1, -0.05) is 130 Å². The Kier molecular flexibility index (Phi) is 7.59. The largest absolute Gasteiger partial charge is 0.458 e. The summed E-state index contributed by atoms with van der Waals surface area (Å²) in [6.07, 6.45) is 0. The molecule has 0 radical (unpaired) electrons. The monoisotopic (exact) mass is 917 g/mol. The van der Waals surface area contributed by atoms with Crippen LogP contribution in [0.1, 0.15) is 157 Å². The van der Waals surface area contributed by atoms with Crippen molar-refractivity contribution < 1.29 is 9.47 Å². The van der Waals surface area contributed by atoms with E-state index in [1.165, 1.54) is 126 Å². The lowest BCUT2D eigenvalue weighted by Gasteiger charge is -2.45. The molecule has 0 N–H and O–H groups in total. The molecule has 4 nitrogen and oxygen atoms in total. The summed E-state index contributed by atoms with van der Waals surface area (Å²) in [6, 6.07) is 34.1. The van der Waals surface area contributed by atoms with Crippen LogP contribution in [0.15, 0.2) is 84.9 Å². The fourth-order valence-corrected chi connectivity index (χ4v) is 13.5. The second-order valence-corrected chi connectivity index (χ2v) is 27.5. The molecule has 11 aromatic rings. The van der Waals surface area contributed by atoms with E-state index in [4.69, 9.17) is 9.47 Å². The van der Waals surface area contributed by atoms with E-state index in [2.05, 4.69) is 211 Å². The van der Waals surface area contributed by atoms with Gasteiger partial charge in [-0.2, -0.15) is 0 Å². The Morgan fingerprint density at radius 3 is 1.00 bits per heavy atom. The maximum Gasteiger partial charge on any atom is 0.261 e. The van der Waals surface area contributed by atoms with Crippen LogP contribution in [0.3, 0.4) is 0 Å². The second-order valence-electron chi connectivity index (χ2n) is 27.5. The summed E-state index contributed by atoms with van der Waals surface area (Å²) < 4.78 is 20.2. The number of benzene rings is 7. The van der Waals surface area contributed by atoms with Crippen molar-refractivity contribution in [3.05, 3.63) is 124 Å². The van der Waals surface area contributed by atoms with E-state index in [9.17, 15) is 0 Å². The summed E-state index contributed by atoms with van der Waals surface area (Å²) in [4.78, 5) is 0. The number of rotatable bonds is 0. The first-order valence-corrected chi connectivity index (χ1v) is 25.9. The number of hydrogen-bond donors (Lipinski definition) is 0. The molecule has 3 aliphatic rings. The quantitative estimate of drug-likeness (QED) is 0.142. The molecule has 14 rings (SSSR count). The first kappa shape index (κ1) is 42.7. The van der Waals surface area contributed by atoms with Crippen LogP contribution in [-0.2, 0) is 32.5 Å². The van der Waals surface area contributed by atoms with Crippen LogP contribution >= 0.6 is 0 Å². The molecule has 3 aliphatic heterocycles. The van der Waals surface area contributed by atoms with E-state index in [-0.39, 0.29) is 33.8 Å². The first-order valence-electron chi connectivity index (χ1n) is 25.9. The van der Waals surface area contributed by atoms with Crippen LogP contribution in [-0.4, -0.2) is 15.5 Å². The summed E-state index contributed by atoms with van der Waals surface area (Å²) >= 11 is 0. The molecule has 350 valence electrons. The predicted octanol–water partition coefficient (Wildman–Crippen LogP) is 15.8. The zero-order valence-corrected chi connectivity index (χ0v) is 44.4. The second kappa shape index (κ2) is 12.5. The third kappa shape index (κ3) is 5.19. The van der Waals surface area contributed by atoms with Crippen LogP contribution in [0.25, 0.3) is 76.2 Å². The number of aromatic nitrogens is 2. The molecule has 0 amide bonds. The molecule has 0 fully saturated rings. The van der Waals surface area contributed by atoms with Crippen LogP contribution in [0.2, 0.25) is 0 Å². The summed E-state index contributed by atoms with van der Waals surface area (Å²) in [5.41, 5.74) is 20.1. The van der Waals surface area contributed by atoms with Gasteiger partial charge in [0, 0.05) is 54.0 Å². The highest BCUT2D eigenvalue weighted by atomic mass is 16.5. The van der Waals surface area contributed by atoms with E-state index in [1.54, 1.807) is 0 Å². The van der Waals surface area contributed by atoms with E-state index in [0.29, 0.717) is 0 Å². The Labute approximate surface area is 412 Å². The fraction of sp³-hybridized carbons (Fsp3) is 0.354. The number of fused-ring (bicyclic) bond motifs is 14. The summed E-state index contributed by atoms with van der Waals surface area (Å²) in [5.74, 6) is 3.76. The Balaban J connectivity index is 1.22. The minimum atomic E-state index is -0.513. The minimum Gasteiger partial charge on any atom is -0.458 e. The van der Waals surface area contributed by atoms with Crippen molar-refractivity contribution in [1.29, 1.82) is 0 Å². The molecule has 7 aromatic carbocycles. The van der Waals surface area contributed by atoms with Gasteiger partial charge in [-0.3, -0.25) is 0 Å². The zero-order chi connectivity index (χ0) is 49.2. The maximum absolute atomic E-state index is 7.44. The Morgan fingerprint density at radius 1 is 0.343 bits per heavy atom. The average molecular weight is 917 g/mol. The molecule has 0 saturated heterocycles. The van der Waals surface area contributed by atoms with Gasteiger partial charge in [0.2, 0.25) is 0 Å². The molecular weight excluding hydrogens is 852 g/mol. The molecule has 0 saturated carbocycles. The van der Waals surface area contributed by atoms with Crippen molar-refractivity contribution >= 4 is 99.3 Å². The number of nitrogens with zero attached hydrogens (tertiary/aromatic N) is 2. The molecule has 70 heavy (non-hydrogen) atoms. The number of ether oxygens (including phenoxy) is 2. The summed E-state index contributed by atoms with van der Waals surface area (Å²) in [7, 11) is 0. The average Bonchev–Trinajstić information content (AvgIpc) is 3.97. The lowest BCUT2D eigenvalue weighted by molar-refractivity contribution is 0.455. The van der Waals surface area contributed by atoms with Crippen LogP contribution in [0.4, 0.5) is 0 Å². The SMILES string of the molecule is CC(C)(C)c1cc2c3c(c1)Oc1cc4c5cc(C(C)(C)C)cc6c7cc(C(C)(C)C)ccc7n(c4c4c1B3c1c(cc3c7cc(C(C)(C)C)cc8c9cc(C(C)(C)C)ccc9n(c3c1C4(C)C)c87)O2)c65. The molecule has 7 heterocycles. The molecule has 0 unspecified atom stereocenters. The molecule has 0 aliphatic carbocycles. The van der Waals surface area contributed by atoms with Gasteiger partial charge in [-0.05, 0) is 150 Å². The van der Waals surface area contributed by atoms with Crippen LogP contribution < -0.4 is 25.9 Å². The van der Waals surface area contributed by atoms with Gasteiger partial charge in [0.1, 0.15) is 23.0 Å². The standard InChI is InChI=1S/C65H65BN2O2/c1-60(2,3)32-18-20-45-37(22-32)39-24-34(62(7,8)9)26-41-43-30-49-54-51(58(43)67(45)56(39)41)65(16,17)52-55-50(70-48-29-36(64(13,14)15)28-47(69-49)53(48)66(54)55)31-44-42-27-35(63(10,11)12)25-40-38-23-33(61(4,5)6)19-21-46(38)68(57(40)42)59(44)52/h18-31H,1-17H3. The highest BCUT2D eigenvalue weighted by molar-refractivity contribution is 6.99. The molecule has 0 bridgehead atoms. The summed E-state index contributed by atoms with van der Waals surface area (Å²) in [5, 5.41) is 10.4. The zero-order valence-electron chi connectivity index (χ0n) is 44.4. The molecule has 4 aromatic heterocycles. The molecule has 5 heteroatoms. The molecule has 0 atom stereocenters. The summed E-state index contributed by atoms with van der Waals surface area (Å²) in [6.45, 7) is 40.0. The van der Waals surface area contributed by atoms with Gasteiger partial charge in [-0.25, -0.2) is 0 Å². The van der Waals surface area contributed by atoms with Crippen molar-refractivity contribution in [2.75, 3.05) is 0 Å². The van der Waals surface area contributed by atoms with E-state index in [0.717, 1.165) is 28.5 Å². The van der Waals surface area contributed by atoms with Gasteiger partial charge in [0.05, 0.1) is 33.1 Å². The third-order valence-corrected chi connectivity index (χ3v) is 17.3. The molecule has 0 spiro atoms. The van der Waals surface area contributed by atoms with Crippen molar-refractivity contribution in [2.24, 2.45) is 0 Å². The van der Waals surface area contributed by atoms with Gasteiger partial charge in [0.15, 0.2) is 0 Å². The Morgan fingerprint density at radius 2 is 0.643 bits per heavy atom. The lowest BCUT2D eigenvalue weighted by Crippen LogP contribution is -2.64. The van der Waals surface area contributed by atoms with E-state index in [1.807, 2.05) is 0 Å². The molecular formula is C65H65BN2O2. The fourth-order valence-electron chi connectivity index (χ4n) is 13.5. The lowest BCUT2D eigenvalue weighted by atomic mass is 9.29. The number of hydrogen-bond acceptors (Lipinski definition) is 2. The normalized spacial score (nSPS) is 15.8. The Hall–Kier alpha value is -6.20. The van der Waals surface area contributed by atoms with E-state index >= 15 is 0 Å².